The van der Waals surface area contributed by atoms with Gasteiger partial charge in [-0.2, -0.15) is 0 Å². The van der Waals surface area contributed by atoms with Crippen molar-refractivity contribution < 1.29 is 23.5 Å². The van der Waals surface area contributed by atoms with Crippen molar-refractivity contribution in [1.82, 2.24) is 15.1 Å². The first kappa shape index (κ1) is 28.2. The Morgan fingerprint density at radius 2 is 1.63 bits per heavy atom. The predicted octanol–water partition coefficient (Wildman–Crippen LogP) is 5.34. The summed E-state index contributed by atoms with van der Waals surface area (Å²) in [5, 5.41) is 3.02. The van der Waals surface area contributed by atoms with Gasteiger partial charge in [-0.05, 0) is 55.8 Å². The van der Waals surface area contributed by atoms with Crippen molar-refractivity contribution >= 4 is 17.7 Å². The van der Waals surface area contributed by atoms with E-state index in [1.807, 2.05) is 72.5 Å². The van der Waals surface area contributed by atoms with Crippen molar-refractivity contribution in [3.05, 3.63) is 102 Å². The lowest BCUT2D eigenvalue weighted by atomic mass is 9.94. The molecule has 41 heavy (non-hydrogen) atoms. The fourth-order valence-corrected chi connectivity index (χ4v) is 5.36. The second-order valence-electron chi connectivity index (χ2n) is 9.91. The molecule has 3 aromatic carbocycles. The molecule has 5 rings (SSSR count). The molecule has 1 atom stereocenters. The minimum atomic E-state index is -0.710. The van der Waals surface area contributed by atoms with Gasteiger partial charge in [-0.15, -0.1) is 0 Å². The summed E-state index contributed by atoms with van der Waals surface area (Å²) in [6.45, 7) is 7.19. The number of esters is 1. The standard InChI is InChI=1S/C32H35FN4O4/c1-3-37-28(22-35-17-19-36(20-18-35)27-16-9-8-15-26(27)33)29(31(38)40-4-2)30(34-32(37)39)23-11-10-14-25(21-23)41-24-12-6-5-7-13-24/h5-16,21,30H,3-4,17-20,22H2,1-2H3,(H,34,39)/t30-/m1/s1. The van der Waals surface area contributed by atoms with E-state index >= 15 is 0 Å². The van der Waals surface area contributed by atoms with E-state index in [4.69, 9.17) is 9.47 Å². The molecule has 2 amide bonds. The van der Waals surface area contributed by atoms with Gasteiger partial charge >= 0.3 is 12.0 Å². The van der Waals surface area contributed by atoms with E-state index in [1.165, 1.54) is 6.07 Å². The van der Waals surface area contributed by atoms with Gasteiger partial charge in [0.25, 0.3) is 0 Å². The van der Waals surface area contributed by atoms with Crippen LogP contribution in [0.1, 0.15) is 25.5 Å². The van der Waals surface area contributed by atoms with Crippen LogP contribution < -0.4 is 15.0 Å². The number of anilines is 1. The Hall–Kier alpha value is -4.37. The first-order valence-electron chi connectivity index (χ1n) is 14.0. The maximum Gasteiger partial charge on any atom is 0.338 e. The number of halogens is 1. The Morgan fingerprint density at radius 1 is 0.927 bits per heavy atom. The number of carbonyl (C=O) groups excluding carboxylic acids is 2. The number of amides is 2. The summed E-state index contributed by atoms with van der Waals surface area (Å²) in [5.41, 5.74) is 2.33. The first-order chi connectivity index (χ1) is 20.0. The molecule has 214 valence electrons. The summed E-state index contributed by atoms with van der Waals surface area (Å²) in [4.78, 5) is 32.7. The molecule has 0 bridgehead atoms. The summed E-state index contributed by atoms with van der Waals surface area (Å²) in [5.74, 6) is 0.571. The van der Waals surface area contributed by atoms with E-state index in [9.17, 15) is 14.0 Å². The topological polar surface area (TPSA) is 74.4 Å². The Morgan fingerprint density at radius 3 is 2.34 bits per heavy atom. The van der Waals surface area contributed by atoms with Gasteiger partial charge in [0.15, 0.2) is 0 Å². The second kappa shape index (κ2) is 12.9. The number of nitrogens with zero attached hydrogens (tertiary/aromatic N) is 3. The van der Waals surface area contributed by atoms with E-state index in [1.54, 1.807) is 24.0 Å². The lowest BCUT2D eigenvalue weighted by molar-refractivity contribution is -0.139. The van der Waals surface area contributed by atoms with Crippen LogP contribution in [0.2, 0.25) is 0 Å². The molecule has 1 fully saturated rings. The van der Waals surface area contributed by atoms with E-state index in [0.717, 1.165) is 0 Å². The molecular weight excluding hydrogens is 523 g/mol. The SMILES string of the molecule is CCOC(=O)C1=C(CN2CCN(c3ccccc3F)CC2)N(CC)C(=O)N[C@@H]1c1cccc(Oc2ccccc2)c1. The average Bonchev–Trinajstić information content (AvgIpc) is 2.98. The zero-order valence-corrected chi connectivity index (χ0v) is 23.4. The Kier molecular flexibility index (Phi) is 8.84. The summed E-state index contributed by atoms with van der Waals surface area (Å²) >= 11 is 0. The lowest BCUT2D eigenvalue weighted by Gasteiger charge is -2.41. The van der Waals surface area contributed by atoms with Crippen molar-refractivity contribution in [3.8, 4) is 11.5 Å². The lowest BCUT2D eigenvalue weighted by Crippen LogP contribution is -2.53. The normalized spacial score (nSPS) is 17.8. The molecule has 0 radical (unpaired) electrons. The van der Waals surface area contributed by atoms with E-state index in [2.05, 4.69) is 10.2 Å². The zero-order chi connectivity index (χ0) is 28.8. The fraction of sp³-hybridized carbons (Fsp3) is 0.312. The van der Waals surface area contributed by atoms with Crippen LogP contribution in [0, 0.1) is 5.82 Å². The van der Waals surface area contributed by atoms with E-state index < -0.39 is 12.0 Å². The van der Waals surface area contributed by atoms with Crippen molar-refractivity contribution in [1.29, 1.82) is 0 Å². The van der Waals surface area contributed by atoms with Gasteiger partial charge in [-0.1, -0.05) is 42.5 Å². The molecule has 2 heterocycles. The minimum Gasteiger partial charge on any atom is -0.463 e. The molecular formula is C32H35FN4O4. The van der Waals surface area contributed by atoms with Crippen LogP contribution in [-0.2, 0) is 9.53 Å². The smallest absolute Gasteiger partial charge is 0.338 e. The van der Waals surface area contributed by atoms with Crippen LogP contribution in [0.3, 0.4) is 0 Å². The first-order valence-corrected chi connectivity index (χ1v) is 14.0. The maximum atomic E-state index is 14.4. The highest BCUT2D eigenvalue weighted by Gasteiger charge is 2.38. The number of piperazine rings is 1. The Bertz CT molecular complexity index is 1410. The van der Waals surface area contributed by atoms with Gasteiger partial charge in [-0.3, -0.25) is 9.80 Å². The van der Waals surface area contributed by atoms with Gasteiger partial charge in [0, 0.05) is 45.0 Å². The number of carbonyl (C=O) groups is 2. The number of nitrogens with one attached hydrogen (secondary N) is 1. The third-order valence-electron chi connectivity index (χ3n) is 7.36. The number of hydrogen-bond acceptors (Lipinski definition) is 6. The highest BCUT2D eigenvalue weighted by molar-refractivity contribution is 5.95. The van der Waals surface area contributed by atoms with Crippen molar-refractivity contribution in [2.45, 2.75) is 19.9 Å². The fourth-order valence-electron chi connectivity index (χ4n) is 5.36. The second-order valence-corrected chi connectivity index (χ2v) is 9.91. The molecule has 9 heteroatoms. The average molecular weight is 559 g/mol. The number of likely N-dealkylation sites (N-methyl/N-ethyl adjacent to an activating group) is 1. The Balaban J connectivity index is 1.44. The highest BCUT2D eigenvalue weighted by Crippen LogP contribution is 2.34. The third kappa shape index (κ3) is 6.36. The quantitative estimate of drug-likeness (QED) is 0.357. The minimum absolute atomic E-state index is 0.209. The van der Waals surface area contributed by atoms with Gasteiger partial charge in [0.2, 0.25) is 0 Å². The summed E-state index contributed by atoms with van der Waals surface area (Å²) in [6, 6.07) is 22.6. The predicted molar refractivity (Wildman–Crippen MR) is 155 cm³/mol. The zero-order valence-electron chi connectivity index (χ0n) is 23.4. The number of para-hydroxylation sites is 2. The van der Waals surface area contributed by atoms with E-state index in [0.29, 0.717) is 73.3 Å². The largest absolute Gasteiger partial charge is 0.463 e. The molecule has 1 saturated heterocycles. The number of urea groups is 1. The van der Waals surface area contributed by atoms with Crippen LogP contribution in [0.5, 0.6) is 11.5 Å². The van der Waals surface area contributed by atoms with Crippen LogP contribution in [0.15, 0.2) is 90.1 Å². The number of hydrogen-bond donors (Lipinski definition) is 1. The molecule has 0 saturated carbocycles. The molecule has 2 aliphatic heterocycles. The van der Waals surface area contributed by atoms with Crippen molar-refractivity contribution in [3.63, 3.8) is 0 Å². The molecule has 3 aromatic rings. The van der Waals surface area contributed by atoms with Gasteiger partial charge < -0.3 is 19.7 Å². The molecule has 0 aliphatic carbocycles. The summed E-state index contributed by atoms with van der Waals surface area (Å²) < 4.78 is 25.9. The van der Waals surface area contributed by atoms with Gasteiger partial charge in [0.05, 0.1) is 23.9 Å². The summed E-state index contributed by atoms with van der Waals surface area (Å²) in [6.07, 6.45) is 0. The van der Waals surface area contributed by atoms with Gasteiger partial charge in [-0.25, -0.2) is 14.0 Å². The molecule has 0 unspecified atom stereocenters. The molecule has 8 nitrogen and oxygen atoms in total. The summed E-state index contributed by atoms with van der Waals surface area (Å²) in [7, 11) is 0. The van der Waals surface area contributed by atoms with Gasteiger partial charge in [0.1, 0.15) is 17.3 Å². The number of benzene rings is 3. The van der Waals surface area contributed by atoms with Crippen LogP contribution in [0.25, 0.3) is 0 Å². The van der Waals surface area contributed by atoms with E-state index in [-0.39, 0.29) is 18.5 Å². The monoisotopic (exact) mass is 558 g/mol. The van der Waals surface area contributed by atoms with Crippen LogP contribution >= 0.6 is 0 Å². The number of rotatable bonds is 9. The van der Waals surface area contributed by atoms with Crippen LogP contribution in [-0.4, -0.2) is 67.7 Å². The van der Waals surface area contributed by atoms with Crippen LogP contribution in [0.4, 0.5) is 14.9 Å². The maximum absolute atomic E-state index is 14.4. The molecule has 2 aliphatic rings. The molecule has 0 spiro atoms. The number of ether oxygens (including phenoxy) is 2. The highest BCUT2D eigenvalue weighted by atomic mass is 19.1. The molecule has 0 aromatic heterocycles. The Labute approximate surface area is 239 Å². The van der Waals surface area contributed by atoms with Crippen molar-refractivity contribution in [2.24, 2.45) is 0 Å². The molecule has 1 N–H and O–H groups in total. The third-order valence-corrected chi connectivity index (χ3v) is 7.36. The van der Waals surface area contributed by atoms with Crippen molar-refractivity contribution in [2.75, 3.05) is 50.8 Å².